The number of halogens is 2. The van der Waals surface area contributed by atoms with Gasteiger partial charge in [0, 0.05) is 37.2 Å². The quantitative estimate of drug-likeness (QED) is 0.465. The fraction of sp³-hybridized carbons (Fsp3) is 0.292. The minimum absolute atomic E-state index is 0.0989. The van der Waals surface area contributed by atoms with E-state index in [9.17, 15) is 13.2 Å². The van der Waals surface area contributed by atoms with Crippen LogP contribution < -0.4 is 25.2 Å². The van der Waals surface area contributed by atoms with Crippen molar-refractivity contribution in [3.05, 3.63) is 63.8 Å². The fourth-order valence-corrected chi connectivity index (χ4v) is 6.11. The summed E-state index contributed by atoms with van der Waals surface area (Å²) in [4.78, 5) is 25.2. The molecule has 13 heteroatoms. The maximum absolute atomic E-state index is 13.1. The fourth-order valence-electron chi connectivity index (χ4n) is 4.31. The third kappa shape index (κ3) is 5.30. The third-order valence-corrected chi connectivity index (χ3v) is 8.37. The van der Waals surface area contributed by atoms with Crippen LogP contribution in [0.25, 0.3) is 0 Å². The van der Waals surface area contributed by atoms with Crippen molar-refractivity contribution in [1.82, 2.24) is 15.3 Å². The Hall–Kier alpha value is -3.12. The maximum Gasteiger partial charge on any atom is 0.268 e. The summed E-state index contributed by atoms with van der Waals surface area (Å²) in [5, 5.41) is 6.98. The van der Waals surface area contributed by atoms with Crippen molar-refractivity contribution in [1.29, 1.82) is 0 Å². The van der Waals surface area contributed by atoms with E-state index in [4.69, 9.17) is 27.9 Å². The minimum atomic E-state index is -2.97. The first-order chi connectivity index (χ1) is 17.8. The van der Waals surface area contributed by atoms with Crippen molar-refractivity contribution < 1.29 is 17.9 Å². The standard InChI is InChI=1S/C24H24Cl2N6O4S/c1-27-12-15-11-16(5-6-20(15)31-7-9-37(34,35)10-8-31)29-24-28-13-17-22(30-24)36-14-32(23(17)33)21-18(25)3-2-4-19(21)26/h2-6,11,13,27H,7-10,12,14H2,1H3,(H,28,29,30). The summed E-state index contributed by atoms with van der Waals surface area (Å²) in [5.74, 6) is 0.347. The summed E-state index contributed by atoms with van der Waals surface area (Å²) in [6.45, 7) is 1.42. The number of rotatable bonds is 6. The number of benzene rings is 2. The molecule has 1 saturated heterocycles. The lowest BCUT2D eigenvalue weighted by Crippen LogP contribution is -2.40. The number of ether oxygens (including phenoxy) is 1. The zero-order valence-electron chi connectivity index (χ0n) is 19.9. The van der Waals surface area contributed by atoms with Crippen molar-refractivity contribution >= 4 is 62.0 Å². The number of carbonyl (C=O) groups excluding carboxylic acids is 1. The number of amides is 1. The molecular formula is C24H24Cl2N6O4S. The van der Waals surface area contributed by atoms with Crippen LogP contribution in [0.2, 0.25) is 10.0 Å². The Morgan fingerprint density at radius 2 is 1.84 bits per heavy atom. The van der Waals surface area contributed by atoms with Gasteiger partial charge in [-0.2, -0.15) is 4.98 Å². The van der Waals surface area contributed by atoms with E-state index in [2.05, 4.69) is 25.5 Å². The van der Waals surface area contributed by atoms with Crippen molar-refractivity contribution in [3.8, 4) is 5.88 Å². The zero-order chi connectivity index (χ0) is 26.2. The van der Waals surface area contributed by atoms with E-state index in [1.54, 1.807) is 18.2 Å². The van der Waals surface area contributed by atoms with Crippen molar-refractivity contribution in [2.24, 2.45) is 0 Å². The maximum atomic E-state index is 13.1. The second-order valence-corrected chi connectivity index (χ2v) is 11.7. The smallest absolute Gasteiger partial charge is 0.268 e. The molecule has 2 aliphatic rings. The first-order valence-corrected chi connectivity index (χ1v) is 14.1. The lowest BCUT2D eigenvalue weighted by atomic mass is 10.1. The van der Waals surface area contributed by atoms with Crippen LogP contribution in [0.5, 0.6) is 5.88 Å². The molecule has 0 bridgehead atoms. The summed E-state index contributed by atoms with van der Waals surface area (Å²) in [5.41, 5.74) is 3.29. The number of hydrogen-bond donors (Lipinski definition) is 2. The Morgan fingerprint density at radius 1 is 1.11 bits per heavy atom. The molecule has 3 aromatic rings. The molecule has 37 heavy (non-hydrogen) atoms. The average Bonchev–Trinajstić information content (AvgIpc) is 2.86. The summed E-state index contributed by atoms with van der Waals surface area (Å²) >= 11 is 12.5. The molecular weight excluding hydrogens is 539 g/mol. The van der Waals surface area contributed by atoms with Crippen molar-refractivity contribution in [2.45, 2.75) is 6.54 Å². The van der Waals surface area contributed by atoms with Gasteiger partial charge in [0.2, 0.25) is 11.8 Å². The Balaban J connectivity index is 1.36. The average molecular weight is 563 g/mol. The number of nitrogens with zero attached hydrogens (tertiary/aromatic N) is 4. The molecule has 2 aromatic carbocycles. The number of anilines is 4. The minimum Gasteiger partial charge on any atom is -0.455 e. The van der Waals surface area contributed by atoms with Crippen LogP contribution >= 0.6 is 23.2 Å². The van der Waals surface area contributed by atoms with Crippen LogP contribution in [0, 0.1) is 0 Å². The molecule has 5 rings (SSSR count). The van der Waals surface area contributed by atoms with Crippen LogP contribution in [0.3, 0.4) is 0 Å². The summed E-state index contributed by atoms with van der Waals surface area (Å²) < 4.78 is 29.4. The molecule has 2 N–H and O–H groups in total. The topological polar surface area (TPSA) is 117 Å². The summed E-state index contributed by atoms with van der Waals surface area (Å²) in [7, 11) is -1.12. The van der Waals surface area contributed by atoms with E-state index in [0.29, 0.717) is 35.4 Å². The Labute approximate surface area is 224 Å². The highest BCUT2D eigenvalue weighted by atomic mass is 35.5. The van der Waals surface area contributed by atoms with Gasteiger partial charge in [0.25, 0.3) is 5.91 Å². The highest BCUT2D eigenvalue weighted by Crippen LogP contribution is 2.37. The van der Waals surface area contributed by atoms with E-state index >= 15 is 0 Å². The van der Waals surface area contributed by atoms with Gasteiger partial charge in [0.05, 0.1) is 27.2 Å². The molecule has 1 fully saturated rings. The first-order valence-electron chi connectivity index (χ1n) is 11.5. The third-order valence-electron chi connectivity index (χ3n) is 6.16. The Kier molecular flexibility index (Phi) is 7.13. The monoisotopic (exact) mass is 562 g/mol. The molecule has 0 saturated carbocycles. The molecule has 194 valence electrons. The predicted molar refractivity (Wildman–Crippen MR) is 144 cm³/mol. The normalized spacial score (nSPS) is 16.8. The summed E-state index contributed by atoms with van der Waals surface area (Å²) in [6.07, 6.45) is 1.40. The Morgan fingerprint density at radius 3 is 2.54 bits per heavy atom. The van der Waals surface area contributed by atoms with Crippen LogP contribution in [-0.2, 0) is 16.4 Å². The molecule has 10 nitrogen and oxygen atoms in total. The van der Waals surface area contributed by atoms with E-state index in [1.807, 2.05) is 25.2 Å². The molecule has 0 atom stereocenters. The van der Waals surface area contributed by atoms with E-state index in [1.165, 1.54) is 11.1 Å². The van der Waals surface area contributed by atoms with Gasteiger partial charge in [0.1, 0.15) is 5.56 Å². The van der Waals surface area contributed by atoms with Crippen LogP contribution in [0.1, 0.15) is 15.9 Å². The Bertz CT molecular complexity index is 1440. The van der Waals surface area contributed by atoms with Gasteiger partial charge in [-0.15, -0.1) is 0 Å². The molecule has 0 unspecified atom stereocenters. The molecule has 0 radical (unpaired) electrons. The van der Waals surface area contributed by atoms with Crippen molar-refractivity contribution in [3.63, 3.8) is 0 Å². The molecule has 0 aliphatic carbocycles. The number of nitrogens with one attached hydrogen (secondary N) is 2. The van der Waals surface area contributed by atoms with Gasteiger partial charge in [-0.25, -0.2) is 13.4 Å². The van der Waals surface area contributed by atoms with Crippen molar-refractivity contribution in [2.75, 3.05) is 53.5 Å². The van der Waals surface area contributed by atoms with E-state index in [-0.39, 0.29) is 41.5 Å². The predicted octanol–water partition coefficient (Wildman–Crippen LogP) is 3.48. The molecule has 2 aliphatic heterocycles. The largest absolute Gasteiger partial charge is 0.455 e. The molecule has 1 aromatic heterocycles. The number of para-hydroxylation sites is 1. The van der Waals surface area contributed by atoms with Gasteiger partial charge < -0.3 is 20.3 Å². The van der Waals surface area contributed by atoms with Crippen LogP contribution in [0.15, 0.2) is 42.6 Å². The van der Waals surface area contributed by atoms with E-state index in [0.717, 1.165) is 16.9 Å². The second kappa shape index (κ2) is 10.3. The van der Waals surface area contributed by atoms with Gasteiger partial charge in [-0.1, -0.05) is 29.3 Å². The van der Waals surface area contributed by atoms with E-state index < -0.39 is 9.84 Å². The van der Waals surface area contributed by atoms with Gasteiger partial charge >= 0.3 is 0 Å². The highest BCUT2D eigenvalue weighted by Gasteiger charge is 2.31. The van der Waals surface area contributed by atoms with Gasteiger partial charge in [-0.3, -0.25) is 9.69 Å². The second-order valence-electron chi connectivity index (χ2n) is 8.63. The molecule has 0 spiro atoms. The highest BCUT2D eigenvalue weighted by molar-refractivity contribution is 7.91. The van der Waals surface area contributed by atoms with Crippen LogP contribution in [-0.4, -0.2) is 62.7 Å². The first kappa shape index (κ1) is 25.5. The number of hydrogen-bond acceptors (Lipinski definition) is 9. The zero-order valence-corrected chi connectivity index (χ0v) is 22.2. The lowest BCUT2D eigenvalue weighted by molar-refractivity contribution is 0.0932. The number of fused-ring (bicyclic) bond motifs is 1. The lowest BCUT2D eigenvalue weighted by Gasteiger charge is -2.31. The molecule has 3 heterocycles. The number of aromatic nitrogens is 2. The SMILES string of the molecule is CNCc1cc(Nc2ncc3c(n2)OCN(c2c(Cl)cccc2Cl)C3=O)ccc1N1CCS(=O)(=O)CC1. The summed E-state index contributed by atoms with van der Waals surface area (Å²) in [6, 6.07) is 10.8. The molecule has 1 amide bonds. The van der Waals surface area contributed by atoms with Gasteiger partial charge in [-0.05, 0) is 42.9 Å². The number of sulfone groups is 1. The number of carbonyl (C=O) groups is 1. The van der Waals surface area contributed by atoms with Crippen LogP contribution in [0.4, 0.5) is 23.0 Å². The van der Waals surface area contributed by atoms with Gasteiger partial charge in [0.15, 0.2) is 16.6 Å².